The fourth-order valence-corrected chi connectivity index (χ4v) is 4.05. The number of piperazine rings is 1. The molecule has 3 rings (SSSR count). The maximum Gasteiger partial charge on any atom is 0.255 e. The number of nitrogens with zero attached hydrogens (tertiary/aromatic N) is 2. The highest BCUT2D eigenvalue weighted by Gasteiger charge is 2.29. The highest BCUT2D eigenvalue weighted by Crippen LogP contribution is 2.30. The monoisotopic (exact) mass is 329 g/mol. The van der Waals surface area contributed by atoms with Crippen molar-refractivity contribution in [2.24, 2.45) is 0 Å². The quantitative estimate of drug-likeness (QED) is 0.920. The molecule has 1 aliphatic heterocycles. The molecular formula is C18H23N3OS. The van der Waals surface area contributed by atoms with Crippen LogP contribution in [-0.2, 0) is 0 Å². The lowest BCUT2D eigenvalue weighted by molar-refractivity contribution is 0.0652. The van der Waals surface area contributed by atoms with Gasteiger partial charge in [0.1, 0.15) is 0 Å². The predicted molar refractivity (Wildman–Crippen MR) is 95.0 cm³/mol. The Balaban J connectivity index is 1.79. The summed E-state index contributed by atoms with van der Waals surface area (Å²) in [6.07, 6.45) is 1.71. The van der Waals surface area contributed by atoms with Crippen molar-refractivity contribution in [2.75, 3.05) is 19.6 Å². The van der Waals surface area contributed by atoms with Crippen molar-refractivity contribution >= 4 is 17.2 Å². The standard InChI is InChI=1S/C18H23N3OS/c1-12-9-13(2)23-16(12)15-6-5-14(10-19-15)17(22)21-8-7-20-18(3,4)11-21/h5-6,9-10,20H,7-8,11H2,1-4H3. The van der Waals surface area contributed by atoms with E-state index in [0.29, 0.717) is 5.56 Å². The number of pyridine rings is 1. The largest absolute Gasteiger partial charge is 0.335 e. The second kappa shape index (κ2) is 6.06. The summed E-state index contributed by atoms with van der Waals surface area (Å²) in [6.45, 7) is 10.7. The van der Waals surface area contributed by atoms with Crippen LogP contribution in [0.2, 0.25) is 0 Å². The summed E-state index contributed by atoms with van der Waals surface area (Å²) in [5.41, 5.74) is 2.81. The van der Waals surface area contributed by atoms with E-state index in [1.807, 2.05) is 17.0 Å². The molecule has 1 saturated heterocycles. The summed E-state index contributed by atoms with van der Waals surface area (Å²) in [5.74, 6) is 0.0673. The van der Waals surface area contributed by atoms with Crippen molar-refractivity contribution in [2.45, 2.75) is 33.2 Å². The lowest BCUT2D eigenvalue weighted by atomic mass is 10.0. The third kappa shape index (κ3) is 3.46. The van der Waals surface area contributed by atoms with Crippen LogP contribution in [0.15, 0.2) is 24.4 Å². The molecule has 2 aromatic heterocycles. The van der Waals surface area contributed by atoms with Gasteiger partial charge in [-0.25, -0.2) is 0 Å². The van der Waals surface area contributed by atoms with E-state index in [1.165, 1.54) is 15.3 Å². The molecule has 1 aliphatic rings. The molecule has 3 heterocycles. The van der Waals surface area contributed by atoms with Crippen LogP contribution >= 0.6 is 11.3 Å². The molecule has 2 aromatic rings. The predicted octanol–water partition coefficient (Wildman–Crippen LogP) is 3.25. The molecule has 0 unspecified atom stereocenters. The number of carbonyl (C=O) groups is 1. The second-order valence-electron chi connectivity index (χ2n) is 6.84. The van der Waals surface area contributed by atoms with Gasteiger partial charge < -0.3 is 10.2 Å². The zero-order valence-corrected chi connectivity index (χ0v) is 15.0. The Morgan fingerprint density at radius 3 is 2.70 bits per heavy atom. The van der Waals surface area contributed by atoms with Crippen molar-refractivity contribution in [3.8, 4) is 10.6 Å². The molecule has 4 nitrogen and oxygen atoms in total. The number of amides is 1. The highest BCUT2D eigenvalue weighted by molar-refractivity contribution is 7.15. The summed E-state index contributed by atoms with van der Waals surface area (Å²) >= 11 is 1.74. The first-order valence-electron chi connectivity index (χ1n) is 7.93. The first-order chi connectivity index (χ1) is 10.9. The van der Waals surface area contributed by atoms with E-state index in [2.05, 4.69) is 44.1 Å². The summed E-state index contributed by atoms with van der Waals surface area (Å²) in [6, 6.07) is 6.02. The summed E-state index contributed by atoms with van der Waals surface area (Å²) in [7, 11) is 0. The maximum atomic E-state index is 12.7. The van der Waals surface area contributed by atoms with Gasteiger partial charge in [-0.1, -0.05) is 0 Å². The first-order valence-corrected chi connectivity index (χ1v) is 8.75. The zero-order valence-electron chi connectivity index (χ0n) is 14.1. The Labute approximate surface area is 141 Å². The number of hydrogen-bond acceptors (Lipinski definition) is 4. The minimum absolute atomic E-state index is 0.0348. The molecule has 0 spiro atoms. The van der Waals surface area contributed by atoms with Crippen LogP contribution in [0.25, 0.3) is 10.6 Å². The van der Waals surface area contributed by atoms with E-state index in [-0.39, 0.29) is 11.4 Å². The molecule has 0 radical (unpaired) electrons. The lowest BCUT2D eigenvalue weighted by Gasteiger charge is -2.39. The maximum absolute atomic E-state index is 12.7. The van der Waals surface area contributed by atoms with Gasteiger partial charge in [0.05, 0.1) is 16.1 Å². The number of rotatable bonds is 2. The molecule has 0 saturated carbocycles. The van der Waals surface area contributed by atoms with Gasteiger partial charge in [-0.3, -0.25) is 9.78 Å². The SMILES string of the molecule is Cc1cc(C)c(-c2ccc(C(=O)N3CCNC(C)(C)C3)cn2)s1. The fraction of sp³-hybridized carbons (Fsp3) is 0.444. The van der Waals surface area contributed by atoms with Crippen LogP contribution in [0.5, 0.6) is 0 Å². The van der Waals surface area contributed by atoms with Crippen LogP contribution in [0, 0.1) is 13.8 Å². The van der Waals surface area contributed by atoms with Gasteiger partial charge in [0.15, 0.2) is 0 Å². The average molecular weight is 329 g/mol. The van der Waals surface area contributed by atoms with Crippen LogP contribution in [0.1, 0.15) is 34.6 Å². The summed E-state index contributed by atoms with van der Waals surface area (Å²) < 4.78 is 0. The molecule has 5 heteroatoms. The van der Waals surface area contributed by atoms with Crippen LogP contribution in [0.4, 0.5) is 0 Å². The van der Waals surface area contributed by atoms with Gasteiger partial charge in [-0.2, -0.15) is 0 Å². The van der Waals surface area contributed by atoms with Gasteiger partial charge in [-0.15, -0.1) is 11.3 Å². The van der Waals surface area contributed by atoms with Crippen molar-refractivity contribution in [1.82, 2.24) is 15.2 Å². The fourth-order valence-electron chi connectivity index (χ4n) is 3.05. The third-order valence-electron chi connectivity index (χ3n) is 4.14. The Hall–Kier alpha value is -1.72. The number of carbonyl (C=O) groups excluding carboxylic acids is 1. The molecule has 23 heavy (non-hydrogen) atoms. The molecule has 0 aromatic carbocycles. The van der Waals surface area contributed by atoms with Gasteiger partial charge >= 0.3 is 0 Å². The third-order valence-corrected chi connectivity index (χ3v) is 5.32. The van der Waals surface area contributed by atoms with E-state index in [4.69, 9.17) is 0 Å². The van der Waals surface area contributed by atoms with Crippen LogP contribution < -0.4 is 5.32 Å². The zero-order chi connectivity index (χ0) is 16.6. The van der Waals surface area contributed by atoms with Gasteiger partial charge in [0.25, 0.3) is 5.91 Å². The number of hydrogen-bond donors (Lipinski definition) is 1. The van der Waals surface area contributed by atoms with E-state index >= 15 is 0 Å². The Bertz CT molecular complexity index is 718. The minimum atomic E-state index is -0.0348. The van der Waals surface area contributed by atoms with E-state index < -0.39 is 0 Å². The molecule has 0 bridgehead atoms. The van der Waals surface area contributed by atoms with Crippen molar-refractivity contribution in [3.63, 3.8) is 0 Å². The minimum Gasteiger partial charge on any atom is -0.335 e. The Morgan fingerprint density at radius 2 is 2.13 bits per heavy atom. The van der Waals surface area contributed by atoms with E-state index in [1.54, 1.807) is 17.5 Å². The molecular weight excluding hydrogens is 306 g/mol. The number of aromatic nitrogens is 1. The highest BCUT2D eigenvalue weighted by atomic mass is 32.1. The molecule has 0 aliphatic carbocycles. The van der Waals surface area contributed by atoms with Crippen LogP contribution in [-0.4, -0.2) is 41.0 Å². The topological polar surface area (TPSA) is 45.2 Å². The number of thiophene rings is 1. The van der Waals surface area contributed by atoms with Gasteiger partial charge in [-0.05, 0) is 51.5 Å². The van der Waals surface area contributed by atoms with Crippen LogP contribution in [0.3, 0.4) is 0 Å². The van der Waals surface area contributed by atoms with E-state index in [9.17, 15) is 4.79 Å². The van der Waals surface area contributed by atoms with Gasteiger partial charge in [0.2, 0.25) is 0 Å². The van der Waals surface area contributed by atoms with E-state index in [0.717, 1.165) is 25.3 Å². The smallest absolute Gasteiger partial charge is 0.255 e. The van der Waals surface area contributed by atoms with Crippen molar-refractivity contribution in [1.29, 1.82) is 0 Å². The molecule has 122 valence electrons. The Morgan fingerprint density at radius 1 is 1.35 bits per heavy atom. The lowest BCUT2D eigenvalue weighted by Crippen LogP contribution is -2.58. The average Bonchev–Trinajstić information content (AvgIpc) is 2.84. The second-order valence-corrected chi connectivity index (χ2v) is 8.09. The first kappa shape index (κ1) is 16.1. The molecule has 1 N–H and O–H groups in total. The summed E-state index contributed by atoms with van der Waals surface area (Å²) in [5, 5.41) is 3.43. The van der Waals surface area contributed by atoms with Gasteiger partial charge in [0, 0.05) is 36.2 Å². The normalized spacial score (nSPS) is 17.3. The molecule has 1 fully saturated rings. The Kier molecular flexibility index (Phi) is 4.25. The van der Waals surface area contributed by atoms with Crippen molar-refractivity contribution < 1.29 is 4.79 Å². The molecule has 1 amide bonds. The van der Waals surface area contributed by atoms with Crippen molar-refractivity contribution in [3.05, 3.63) is 40.4 Å². The number of nitrogens with one attached hydrogen (secondary N) is 1. The number of aryl methyl sites for hydroxylation is 2. The molecule has 0 atom stereocenters. The summed E-state index contributed by atoms with van der Waals surface area (Å²) in [4.78, 5) is 21.6.